The summed E-state index contributed by atoms with van der Waals surface area (Å²) in [5.74, 6) is -1.48. The highest BCUT2D eigenvalue weighted by Gasteiger charge is 2.41. The van der Waals surface area contributed by atoms with Gasteiger partial charge in [0.2, 0.25) is 15.9 Å². The first kappa shape index (κ1) is 28.7. The maximum Gasteiger partial charge on any atom is 0.347 e. The molecule has 3 aromatic rings. The molecule has 1 aliphatic rings. The molecule has 11 heteroatoms. The van der Waals surface area contributed by atoms with Crippen LogP contribution in [0.15, 0.2) is 53.4 Å². The topological polar surface area (TPSA) is 120 Å². The van der Waals surface area contributed by atoms with Gasteiger partial charge >= 0.3 is 5.97 Å². The first-order valence-corrected chi connectivity index (χ1v) is 15.3. The number of thiazole rings is 1. The molecule has 2 heterocycles. The van der Waals surface area contributed by atoms with Crippen molar-refractivity contribution in [3.05, 3.63) is 75.8 Å². The Morgan fingerprint density at radius 2 is 1.67 bits per heavy atom. The number of carboxylic acid groups (broad SMARTS) is 1. The van der Waals surface area contributed by atoms with E-state index < -0.39 is 27.9 Å². The van der Waals surface area contributed by atoms with Crippen LogP contribution in [-0.2, 0) is 34.2 Å². The summed E-state index contributed by atoms with van der Waals surface area (Å²) >= 11 is 1.03. The number of carbonyl (C=O) groups excluding carboxylic acids is 1. The molecule has 208 valence electrons. The third-order valence-corrected chi connectivity index (χ3v) is 9.98. The van der Waals surface area contributed by atoms with Gasteiger partial charge in [0.15, 0.2) is 5.13 Å². The Balaban J connectivity index is 1.59. The van der Waals surface area contributed by atoms with E-state index in [0.29, 0.717) is 10.8 Å². The van der Waals surface area contributed by atoms with E-state index in [4.69, 9.17) is 0 Å². The number of piperazine rings is 1. The number of carboxylic acids is 1. The minimum absolute atomic E-state index is 0.0551. The number of benzene rings is 2. The standard InChI is InChI=1S/C28H34N4O5S2/c1-4-6-21-7-9-22(10-8-21)17-29-26(33)24-18-31(28-30-19(3)25(38-28)27(34)35)15-16-32(24)39(36,37)23-13-11-20(5-2)12-14-23/h7-14,24H,4-6,15-18H2,1-3H3,(H,29,33)(H,34,35). The Bertz CT molecular complexity index is 1420. The van der Waals surface area contributed by atoms with E-state index in [1.807, 2.05) is 31.2 Å². The van der Waals surface area contributed by atoms with Crippen LogP contribution in [0.25, 0.3) is 0 Å². The molecule has 1 aliphatic heterocycles. The smallest absolute Gasteiger partial charge is 0.347 e. The van der Waals surface area contributed by atoms with Gasteiger partial charge in [0.25, 0.3) is 0 Å². The van der Waals surface area contributed by atoms with Gasteiger partial charge in [-0.15, -0.1) is 0 Å². The molecule has 1 fully saturated rings. The maximum absolute atomic E-state index is 13.7. The molecule has 0 radical (unpaired) electrons. The number of hydrogen-bond acceptors (Lipinski definition) is 7. The number of aromatic carboxylic acids is 1. The number of aryl methyl sites for hydroxylation is 3. The molecule has 1 unspecified atom stereocenters. The summed E-state index contributed by atoms with van der Waals surface area (Å²) < 4.78 is 28.7. The molecule has 0 saturated carbocycles. The van der Waals surface area contributed by atoms with Crippen LogP contribution in [0.4, 0.5) is 5.13 Å². The molecule has 9 nitrogen and oxygen atoms in total. The fourth-order valence-corrected chi connectivity index (χ4v) is 7.12. The van der Waals surface area contributed by atoms with Crippen molar-refractivity contribution in [1.82, 2.24) is 14.6 Å². The molecule has 2 aromatic carbocycles. The molecule has 4 rings (SSSR count). The number of anilines is 1. The zero-order valence-electron chi connectivity index (χ0n) is 22.4. The quantitative estimate of drug-likeness (QED) is 0.380. The third kappa shape index (κ3) is 6.48. The predicted molar refractivity (Wildman–Crippen MR) is 152 cm³/mol. The Hall–Kier alpha value is -3.28. The first-order valence-electron chi connectivity index (χ1n) is 13.1. The number of aromatic nitrogens is 1. The number of carbonyl (C=O) groups is 2. The van der Waals surface area contributed by atoms with Crippen LogP contribution in [0.1, 0.15) is 52.3 Å². The van der Waals surface area contributed by atoms with Crippen molar-refractivity contribution in [3.63, 3.8) is 0 Å². The summed E-state index contributed by atoms with van der Waals surface area (Å²) in [6, 6.07) is 13.7. The SMILES string of the molecule is CCCc1ccc(CNC(=O)C2CN(c3nc(C)c(C(=O)O)s3)CCN2S(=O)(=O)c2ccc(CC)cc2)cc1. The van der Waals surface area contributed by atoms with Crippen molar-refractivity contribution >= 4 is 38.4 Å². The summed E-state index contributed by atoms with van der Waals surface area (Å²) in [6.07, 6.45) is 2.82. The fourth-order valence-electron chi connectivity index (χ4n) is 4.61. The molecule has 1 amide bonds. The Kier molecular flexibility index (Phi) is 9.04. The summed E-state index contributed by atoms with van der Waals surface area (Å²) in [5, 5.41) is 12.8. The van der Waals surface area contributed by atoms with E-state index in [0.717, 1.165) is 41.7 Å². The van der Waals surface area contributed by atoms with Crippen LogP contribution in [0.3, 0.4) is 0 Å². The summed E-state index contributed by atoms with van der Waals surface area (Å²) in [7, 11) is -3.96. The van der Waals surface area contributed by atoms with E-state index in [1.54, 1.807) is 36.1 Å². The molecule has 2 N–H and O–H groups in total. The van der Waals surface area contributed by atoms with E-state index in [9.17, 15) is 23.1 Å². The molecule has 1 saturated heterocycles. The number of nitrogens with one attached hydrogen (secondary N) is 1. The normalized spacial score (nSPS) is 16.3. The van der Waals surface area contributed by atoms with Gasteiger partial charge in [-0.2, -0.15) is 4.31 Å². The van der Waals surface area contributed by atoms with Gasteiger partial charge in [-0.05, 0) is 48.6 Å². The van der Waals surface area contributed by atoms with Crippen molar-refractivity contribution in [2.75, 3.05) is 24.5 Å². The molecule has 1 aromatic heterocycles. The van der Waals surface area contributed by atoms with E-state index >= 15 is 0 Å². The third-order valence-electron chi connectivity index (χ3n) is 6.85. The zero-order valence-corrected chi connectivity index (χ0v) is 24.0. The number of amides is 1. The Labute approximate surface area is 233 Å². The Morgan fingerprint density at radius 1 is 1.03 bits per heavy atom. The lowest BCUT2D eigenvalue weighted by atomic mass is 10.1. The number of sulfonamides is 1. The van der Waals surface area contributed by atoms with Crippen LogP contribution in [0.2, 0.25) is 0 Å². The van der Waals surface area contributed by atoms with Gasteiger partial charge in [0.05, 0.1) is 10.6 Å². The highest BCUT2D eigenvalue weighted by Crippen LogP contribution is 2.30. The minimum Gasteiger partial charge on any atom is -0.477 e. The lowest BCUT2D eigenvalue weighted by molar-refractivity contribution is -0.125. The van der Waals surface area contributed by atoms with Crippen LogP contribution in [0, 0.1) is 6.92 Å². The molecular formula is C28H34N4O5S2. The van der Waals surface area contributed by atoms with Crippen molar-refractivity contribution in [2.24, 2.45) is 0 Å². The van der Waals surface area contributed by atoms with Crippen LogP contribution in [0.5, 0.6) is 0 Å². The highest BCUT2D eigenvalue weighted by atomic mass is 32.2. The lowest BCUT2D eigenvalue weighted by Gasteiger charge is -2.39. The van der Waals surface area contributed by atoms with E-state index in [1.165, 1.54) is 9.87 Å². The number of nitrogens with zero attached hydrogens (tertiary/aromatic N) is 3. The molecule has 0 spiro atoms. The van der Waals surface area contributed by atoms with Crippen LogP contribution >= 0.6 is 11.3 Å². The summed E-state index contributed by atoms with van der Waals surface area (Å²) in [4.78, 5) is 31.5. The second-order valence-electron chi connectivity index (χ2n) is 9.58. The monoisotopic (exact) mass is 570 g/mol. The van der Waals surface area contributed by atoms with E-state index in [-0.39, 0.29) is 36.0 Å². The van der Waals surface area contributed by atoms with Crippen LogP contribution < -0.4 is 10.2 Å². The van der Waals surface area contributed by atoms with Gasteiger partial charge in [0, 0.05) is 26.2 Å². The van der Waals surface area contributed by atoms with Gasteiger partial charge in [-0.25, -0.2) is 18.2 Å². The number of rotatable bonds is 10. The first-order chi connectivity index (χ1) is 18.6. The van der Waals surface area contributed by atoms with Crippen molar-refractivity contribution in [2.45, 2.75) is 57.5 Å². The zero-order chi connectivity index (χ0) is 28.2. The molecule has 0 bridgehead atoms. The Morgan fingerprint density at radius 3 is 2.26 bits per heavy atom. The summed E-state index contributed by atoms with van der Waals surface area (Å²) in [5.41, 5.74) is 3.55. The van der Waals surface area contributed by atoms with Crippen LogP contribution in [-0.4, -0.2) is 60.4 Å². The predicted octanol–water partition coefficient (Wildman–Crippen LogP) is 3.86. The molecule has 0 aliphatic carbocycles. The number of hydrogen-bond donors (Lipinski definition) is 2. The largest absolute Gasteiger partial charge is 0.477 e. The molecule has 1 atom stereocenters. The highest BCUT2D eigenvalue weighted by molar-refractivity contribution is 7.89. The fraction of sp³-hybridized carbons (Fsp3) is 0.393. The molecular weight excluding hydrogens is 536 g/mol. The van der Waals surface area contributed by atoms with Gasteiger partial charge < -0.3 is 15.3 Å². The maximum atomic E-state index is 13.7. The summed E-state index contributed by atoms with van der Waals surface area (Å²) in [6.45, 7) is 6.40. The van der Waals surface area contributed by atoms with Crippen molar-refractivity contribution < 1.29 is 23.1 Å². The van der Waals surface area contributed by atoms with Gasteiger partial charge in [0.1, 0.15) is 10.9 Å². The second-order valence-corrected chi connectivity index (χ2v) is 12.4. The minimum atomic E-state index is -3.96. The van der Waals surface area contributed by atoms with Gasteiger partial charge in [-0.3, -0.25) is 4.79 Å². The second kappa shape index (κ2) is 12.3. The van der Waals surface area contributed by atoms with Gasteiger partial charge in [-0.1, -0.05) is 68.0 Å². The van der Waals surface area contributed by atoms with E-state index in [2.05, 4.69) is 17.2 Å². The average molecular weight is 571 g/mol. The van der Waals surface area contributed by atoms with Crippen molar-refractivity contribution in [3.8, 4) is 0 Å². The van der Waals surface area contributed by atoms with Crippen molar-refractivity contribution in [1.29, 1.82) is 0 Å². The molecule has 39 heavy (non-hydrogen) atoms. The average Bonchev–Trinajstić information content (AvgIpc) is 3.34. The lowest BCUT2D eigenvalue weighted by Crippen LogP contribution is -2.60.